The summed E-state index contributed by atoms with van der Waals surface area (Å²) in [5, 5.41) is 8.43. The van der Waals surface area contributed by atoms with Crippen LogP contribution in [0.3, 0.4) is 0 Å². The number of anilines is 1. The van der Waals surface area contributed by atoms with Gasteiger partial charge in [0.15, 0.2) is 0 Å². The minimum Gasteiger partial charge on any atom is -1.00 e. The van der Waals surface area contributed by atoms with Gasteiger partial charge in [0.25, 0.3) is 0 Å². The molecule has 0 spiro atoms. The number of hydrazine groups is 1. The van der Waals surface area contributed by atoms with E-state index in [9.17, 15) is 0 Å². The smallest absolute Gasteiger partial charge is 0.0807 e. The maximum Gasteiger partial charge on any atom is 0.0807 e. The minimum absolute atomic E-state index is 0. The summed E-state index contributed by atoms with van der Waals surface area (Å²) >= 11 is 0. The van der Waals surface area contributed by atoms with Crippen LogP contribution in [0, 0.1) is 6.04 Å². The van der Waals surface area contributed by atoms with Gasteiger partial charge in [-0.15, -0.1) is 17.0 Å². The molecule has 5 rings (SSSR count). The van der Waals surface area contributed by atoms with Crippen LogP contribution in [0.1, 0.15) is 6.92 Å². The Balaban J connectivity index is 0.000000341. The SMILES string of the molecule is Br.C[C]1C=CN(c2ccccc2)N1C.[Br-].[Pd].c1ccc(P(c2ccccc2)c2ccccc2)cc1. The van der Waals surface area contributed by atoms with Crippen molar-refractivity contribution in [2.24, 2.45) is 0 Å². The van der Waals surface area contributed by atoms with Gasteiger partial charge in [-0.1, -0.05) is 109 Å². The number of hydrogen-bond donors (Lipinski definition) is 0. The van der Waals surface area contributed by atoms with Crippen molar-refractivity contribution in [1.29, 1.82) is 0 Å². The van der Waals surface area contributed by atoms with E-state index in [1.165, 1.54) is 27.6 Å². The summed E-state index contributed by atoms with van der Waals surface area (Å²) in [6, 6.07) is 43.9. The first-order valence-corrected chi connectivity index (χ1v) is 12.1. The molecule has 1 aliphatic rings. The van der Waals surface area contributed by atoms with Crippen molar-refractivity contribution < 1.29 is 37.4 Å². The third kappa shape index (κ3) is 8.50. The van der Waals surface area contributed by atoms with Crippen LogP contribution < -0.4 is 37.9 Å². The summed E-state index contributed by atoms with van der Waals surface area (Å²) in [6.07, 6.45) is 4.18. The number of para-hydroxylation sites is 1. The Morgan fingerprint density at radius 2 is 0.914 bits per heavy atom. The molecule has 2 nitrogen and oxygen atoms in total. The van der Waals surface area contributed by atoms with Crippen LogP contribution in [-0.4, -0.2) is 12.1 Å². The number of rotatable bonds is 4. The van der Waals surface area contributed by atoms with E-state index in [1.807, 2.05) is 18.2 Å². The summed E-state index contributed by atoms with van der Waals surface area (Å²) in [5.74, 6) is 0. The van der Waals surface area contributed by atoms with Crippen molar-refractivity contribution in [3.63, 3.8) is 0 Å². The molecule has 0 fully saturated rings. The van der Waals surface area contributed by atoms with Crippen LogP contribution in [0.2, 0.25) is 0 Å². The first-order valence-electron chi connectivity index (χ1n) is 10.8. The molecule has 0 N–H and O–H groups in total. The average molecular weight is 703 g/mol. The third-order valence-corrected chi connectivity index (χ3v) is 7.80. The Hall–Kier alpha value is -1.57. The fourth-order valence-electron chi connectivity index (χ4n) is 3.57. The van der Waals surface area contributed by atoms with E-state index in [0.29, 0.717) is 0 Å². The van der Waals surface area contributed by atoms with Gasteiger partial charge >= 0.3 is 0 Å². The normalized spacial score (nSPS) is 12.6. The topological polar surface area (TPSA) is 6.48 Å². The Labute approximate surface area is 246 Å². The molecule has 0 atom stereocenters. The number of likely N-dealkylation sites (N-methyl/N-ethyl adjacent to an activating group) is 1. The Morgan fingerprint density at radius 3 is 1.23 bits per heavy atom. The van der Waals surface area contributed by atoms with Crippen molar-refractivity contribution in [1.82, 2.24) is 5.01 Å². The quantitative estimate of drug-likeness (QED) is 0.238. The summed E-state index contributed by atoms with van der Waals surface area (Å²) in [5.41, 5.74) is 1.19. The van der Waals surface area contributed by atoms with E-state index in [2.05, 4.69) is 139 Å². The van der Waals surface area contributed by atoms with Gasteiger partial charge in [-0.25, -0.2) is 5.01 Å². The molecule has 0 saturated heterocycles. The maximum absolute atomic E-state index is 2.23. The Kier molecular flexibility index (Phi) is 14.6. The first-order chi connectivity index (χ1) is 15.7. The first kappa shape index (κ1) is 31.5. The van der Waals surface area contributed by atoms with E-state index < -0.39 is 7.92 Å². The molecule has 1 radical (unpaired) electrons. The van der Waals surface area contributed by atoms with E-state index in [1.54, 1.807) is 0 Å². The molecule has 0 aliphatic carbocycles. The van der Waals surface area contributed by atoms with Crippen LogP contribution in [0.25, 0.3) is 0 Å². The summed E-state index contributed by atoms with van der Waals surface area (Å²) in [4.78, 5) is 0. The molecule has 4 aromatic rings. The predicted molar refractivity (Wildman–Crippen MR) is 150 cm³/mol. The van der Waals surface area contributed by atoms with E-state index in [4.69, 9.17) is 0 Å². The molecular formula is C29H29Br2N2PPd-. The second-order valence-electron chi connectivity index (χ2n) is 7.50. The van der Waals surface area contributed by atoms with Gasteiger partial charge < -0.3 is 17.0 Å². The fraction of sp³-hybridized carbons (Fsp3) is 0.0690. The molecule has 1 aliphatic heterocycles. The predicted octanol–water partition coefficient (Wildman–Crippen LogP) is 3.44. The Bertz CT molecular complexity index is 1020. The van der Waals surface area contributed by atoms with Crippen LogP contribution in [0.4, 0.5) is 5.69 Å². The van der Waals surface area contributed by atoms with Gasteiger partial charge in [-0.3, -0.25) is 5.01 Å². The van der Waals surface area contributed by atoms with Crippen molar-refractivity contribution in [3.8, 4) is 0 Å². The number of hydrogen-bond acceptors (Lipinski definition) is 2. The van der Waals surface area contributed by atoms with Crippen molar-refractivity contribution >= 4 is 46.5 Å². The second-order valence-corrected chi connectivity index (χ2v) is 9.72. The molecule has 0 bridgehead atoms. The van der Waals surface area contributed by atoms with E-state index in [-0.39, 0.29) is 54.4 Å². The molecule has 1 heterocycles. The van der Waals surface area contributed by atoms with Crippen molar-refractivity contribution in [3.05, 3.63) is 140 Å². The zero-order valence-corrected chi connectivity index (χ0v) is 25.4. The summed E-state index contributed by atoms with van der Waals surface area (Å²) in [7, 11) is 1.61. The van der Waals surface area contributed by atoms with Gasteiger partial charge in [0.05, 0.1) is 11.7 Å². The molecule has 0 aromatic heterocycles. The van der Waals surface area contributed by atoms with Gasteiger partial charge in [-0.05, 0) is 49.0 Å². The van der Waals surface area contributed by atoms with Gasteiger partial charge in [-0.2, -0.15) is 0 Å². The van der Waals surface area contributed by atoms with Gasteiger partial charge in [0.2, 0.25) is 0 Å². The summed E-state index contributed by atoms with van der Waals surface area (Å²) < 4.78 is 0. The molecule has 4 aromatic carbocycles. The third-order valence-electron chi connectivity index (χ3n) is 5.35. The number of nitrogens with zero attached hydrogens (tertiary/aromatic N) is 2. The van der Waals surface area contributed by atoms with Crippen LogP contribution in [0.15, 0.2) is 134 Å². The summed E-state index contributed by atoms with van der Waals surface area (Å²) in [6.45, 7) is 2.10. The molecule has 6 heteroatoms. The van der Waals surface area contributed by atoms with Crippen LogP contribution >= 0.6 is 24.9 Å². The van der Waals surface area contributed by atoms with Crippen LogP contribution in [-0.2, 0) is 20.4 Å². The zero-order valence-electron chi connectivity index (χ0n) is 19.6. The van der Waals surface area contributed by atoms with E-state index >= 15 is 0 Å². The van der Waals surface area contributed by atoms with Gasteiger partial charge in [0.1, 0.15) is 0 Å². The molecule has 185 valence electrons. The average Bonchev–Trinajstić information content (AvgIpc) is 3.20. The molecule has 0 saturated carbocycles. The minimum atomic E-state index is -0.446. The second kappa shape index (κ2) is 16.2. The molecule has 0 unspecified atom stereocenters. The van der Waals surface area contributed by atoms with Crippen molar-refractivity contribution in [2.45, 2.75) is 6.92 Å². The zero-order chi connectivity index (χ0) is 22.2. The standard InChI is InChI=1S/C18H15P.C11H13N2.2BrH.Pd/c1-4-10-16(11-5-1)19(17-12-6-2-7-13-17)18-14-8-3-9-15-18;1-10-8-9-13(12(10)2)11-6-4-3-5-7-11;;;/h1-15H;3-9H,1-2H3;2*1H;/p-1. The van der Waals surface area contributed by atoms with E-state index in [0.717, 1.165) is 0 Å². The monoisotopic (exact) mass is 700 g/mol. The maximum atomic E-state index is 2.23. The fourth-order valence-corrected chi connectivity index (χ4v) is 5.88. The van der Waals surface area contributed by atoms with Crippen molar-refractivity contribution in [2.75, 3.05) is 12.1 Å². The molecule has 0 amide bonds. The largest absolute Gasteiger partial charge is 1.00 e. The molecule has 35 heavy (non-hydrogen) atoms. The number of benzene rings is 4. The van der Waals surface area contributed by atoms with Crippen LogP contribution in [0.5, 0.6) is 0 Å². The number of halogens is 2. The Morgan fingerprint density at radius 1 is 0.571 bits per heavy atom. The van der Waals surface area contributed by atoms with Gasteiger partial charge in [0, 0.05) is 33.7 Å². The molecular weight excluding hydrogens is 674 g/mol.